The fraction of sp³-hybridized carbons (Fsp3) is 0.583. The summed E-state index contributed by atoms with van der Waals surface area (Å²) >= 11 is 4.13. The van der Waals surface area contributed by atoms with Crippen LogP contribution in [0.1, 0.15) is 45.1 Å². The van der Waals surface area contributed by atoms with Crippen LogP contribution in [0, 0.1) is 5.92 Å². The maximum absolute atomic E-state index is 13.0. The van der Waals surface area contributed by atoms with Gasteiger partial charge in [-0.1, -0.05) is 32.4 Å². The molecule has 0 radical (unpaired) electrons. The van der Waals surface area contributed by atoms with Crippen LogP contribution in [0.4, 0.5) is 0 Å². The number of nitrogens with one attached hydrogen (secondary N) is 3. The number of thiol groups is 1. The lowest BCUT2D eigenvalue weighted by Gasteiger charge is -2.25. The van der Waals surface area contributed by atoms with Gasteiger partial charge in [0, 0.05) is 12.2 Å². The Balaban J connectivity index is 2.84. The molecule has 1 aromatic rings. The Morgan fingerprint density at radius 1 is 0.917 bits per heavy atom. The standard InChI is InChI=1S/C24H39N5O6S/c1-14(2)11-18(27-21(31)17(26)5-3-4-10-25)22(32)29-20(13-36)23(33)28-19(24(34)35)12-15-6-8-16(30)9-7-15/h6-9,14,17-20,30,36H,3-5,10-13,25-26H2,1-2H3,(H,27,31)(H,28,33)(H,29,32)(H,34,35). The van der Waals surface area contributed by atoms with Crippen molar-refractivity contribution in [3.05, 3.63) is 29.8 Å². The number of benzene rings is 1. The number of carboxylic acid groups (broad SMARTS) is 1. The van der Waals surface area contributed by atoms with E-state index in [9.17, 15) is 29.4 Å². The van der Waals surface area contributed by atoms with Gasteiger partial charge in [-0.25, -0.2) is 4.79 Å². The predicted octanol–water partition coefficient (Wildman–Crippen LogP) is -0.0941. The number of unbranched alkanes of at least 4 members (excludes halogenated alkanes) is 1. The molecule has 0 aliphatic carbocycles. The molecule has 0 saturated heterocycles. The van der Waals surface area contributed by atoms with Gasteiger partial charge in [0.25, 0.3) is 0 Å². The van der Waals surface area contributed by atoms with Gasteiger partial charge in [-0.2, -0.15) is 12.6 Å². The Morgan fingerprint density at radius 3 is 2.00 bits per heavy atom. The van der Waals surface area contributed by atoms with E-state index >= 15 is 0 Å². The van der Waals surface area contributed by atoms with Gasteiger partial charge in [-0.15, -0.1) is 0 Å². The van der Waals surface area contributed by atoms with Gasteiger partial charge in [-0.3, -0.25) is 14.4 Å². The maximum atomic E-state index is 13.0. The number of hydrogen-bond acceptors (Lipinski definition) is 8. The summed E-state index contributed by atoms with van der Waals surface area (Å²) < 4.78 is 0. The van der Waals surface area contributed by atoms with Crippen molar-refractivity contribution in [2.45, 2.75) is 70.1 Å². The smallest absolute Gasteiger partial charge is 0.326 e. The van der Waals surface area contributed by atoms with E-state index in [4.69, 9.17) is 11.5 Å². The lowest BCUT2D eigenvalue weighted by molar-refractivity contribution is -0.142. The number of amides is 3. The first-order chi connectivity index (χ1) is 17.0. The summed E-state index contributed by atoms with van der Waals surface area (Å²) in [6.45, 7) is 4.27. The van der Waals surface area contributed by atoms with Crippen molar-refractivity contribution in [2.24, 2.45) is 17.4 Å². The molecular formula is C24H39N5O6S. The summed E-state index contributed by atoms with van der Waals surface area (Å²) in [5.74, 6) is -3.05. The Labute approximate surface area is 217 Å². The Morgan fingerprint density at radius 2 is 1.47 bits per heavy atom. The topological polar surface area (TPSA) is 197 Å². The summed E-state index contributed by atoms with van der Waals surface area (Å²) in [4.78, 5) is 50.0. The second-order valence-corrected chi connectivity index (χ2v) is 9.46. The number of phenolic OH excluding ortho intramolecular Hbond substituents is 1. The highest BCUT2D eigenvalue weighted by Crippen LogP contribution is 2.12. The number of rotatable bonds is 16. The minimum atomic E-state index is -1.26. The molecule has 4 unspecified atom stereocenters. The quantitative estimate of drug-likeness (QED) is 0.108. The highest BCUT2D eigenvalue weighted by Gasteiger charge is 2.30. The molecule has 1 aromatic carbocycles. The number of nitrogens with two attached hydrogens (primary N) is 2. The number of aromatic hydroxyl groups is 1. The highest BCUT2D eigenvalue weighted by molar-refractivity contribution is 7.80. The van der Waals surface area contributed by atoms with Gasteiger partial charge in [0.1, 0.15) is 23.9 Å². The van der Waals surface area contributed by atoms with Crippen LogP contribution in [-0.4, -0.2) is 70.4 Å². The first-order valence-electron chi connectivity index (χ1n) is 12.0. The summed E-state index contributed by atoms with van der Waals surface area (Å²) in [6.07, 6.45) is 2.14. The molecule has 0 aliphatic rings. The second kappa shape index (κ2) is 16.0. The van der Waals surface area contributed by atoms with Crippen molar-refractivity contribution in [3.8, 4) is 5.75 Å². The van der Waals surface area contributed by atoms with Crippen LogP contribution in [0.25, 0.3) is 0 Å². The molecule has 0 aliphatic heterocycles. The molecule has 202 valence electrons. The molecule has 1 rings (SSSR count). The first kappa shape index (κ1) is 31.2. The SMILES string of the molecule is CC(C)CC(NC(=O)C(N)CCCCN)C(=O)NC(CS)C(=O)NC(Cc1ccc(O)cc1)C(=O)O. The van der Waals surface area contributed by atoms with Gasteiger partial charge in [0.05, 0.1) is 6.04 Å². The van der Waals surface area contributed by atoms with E-state index in [2.05, 4.69) is 28.6 Å². The van der Waals surface area contributed by atoms with Gasteiger partial charge >= 0.3 is 5.97 Å². The average Bonchev–Trinajstić information content (AvgIpc) is 2.82. The molecule has 0 saturated carbocycles. The summed E-state index contributed by atoms with van der Waals surface area (Å²) in [5, 5.41) is 26.6. The number of carboxylic acids is 1. The van der Waals surface area contributed by atoms with Gasteiger partial charge in [0.2, 0.25) is 17.7 Å². The van der Waals surface area contributed by atoms with E-state index in [0.29, 0.717) is 31.4 Å². The van der Waals surface area contributed by atoms with Crippen LogP contribution >= 0.6 is 12.6 Å². The van der Waals surface area contributed by atoms with Crippen LogP contribution < -0.4 is 27.4 Å². The van der Waals surface area contributed by atoms with Crippen molar-refractivity contribution in [1.29, 1.82) is 0 Å². The third-order valence-corrected chi connectivity index (χ3v) is 5.82. The largest absolute Gasteiger partial charge is 0.508 e. The molecule has 9 N–H and O–H groups in total. The molecule has 12 heteroatoms. The minimum absolute atomic E-state index is 0.0251. The molecule has 0 fully saturated rings. The number of carbonyl (C=O) groups is 4. The monoisotopic (exact) mass is 525 g/mol. The summed E-state index contributed by atoms with van der Waals surface area (Å²) in [5.41, 5.74) is 12.0. The van der Waals surface area contributed by atoms with Crippen molar-refractivity contribution >= 4 is 36.3 Å². The number of phenols is 1. The molecule has 36 heavy (non-hydrogen) atoms. The summed E-state index contributed by atoms with van der Waals surface area (Å²) in [6, 6.07) is 1.82. The zero-order valence-corrected chi connectivity index (χ0v) is 21.7. The first-order valence-corrected chi connectivity index (χ1v) is 12.6. The van der Waals surface area contributed by atoms with E-state index in [0.717, 1.165) is 6.42 Å². The highest BCUT2D eigenvalue weighted by atomic mass is 32.1. The zero-order chi connectivity index (χ0) is 27.3. The molecule has 4 atom stereocenters. The van der Waals surface area contributed by atoms with Crippen LogP contribution in [0.2, 0.25) is 0 Å². The van der Waals surface area contributed by atoms with Crippen molar-refractivity contribution in [1.82, 2.24) is 16.0 Å². The molecule has 0 aromatic heterocycles. The van der Waals surface area contributed by atoms with Crippen molar-refractivity contribution in [2.75, 3.05) is 12.3 Å². The second-order valence-electron chi connectivity index (χ2n) is 9.10. The third-order valence-electron chi connectivity index (χ3n) is 5.45. The lowest BCUT2D eigenvalue weighted by Crippen LogP contribution is -2.58. The van der Waals surface area contributed by atoms with Crippen LogP contribution in [0.3, 0.4) is 0 Å². The average molecular weight is 526 g/mol. The van der Waals surface area contributed by atoms with Gasteiger partial charge in [0.15, 0.2) is 0 Å². The van der Waals surface area contributed by atoms with E-state index in [1.807, 2.05) is 13.8 Å². The van der Waals surface area contributed by atoms with Crippen LogP contribution in [0.15, 0.2) is 24.3 Å². The lowest BCUT2D eigenvalue weighted by atomic mass is 10.0. The fourth-order valence-electron chi connectivity index (χ4n) is 3.43. The molecule has 3 amide bonds. The third kappa shape index (κ3) is 11.3. The number of carbonyl (C=O) groups excluding carboxylic acids is 3. The predicted molar refractivity (Wildman–Crippen MR) is 139 cm³/mol. The molecular weight excluding hydrogens is 486 g/mol. The van der Waals surface area contributed by atoms with Crippen molar-refractivity contribution in [3.63, 3.8) is 0 Å². The molecule has 0 spiro atoms. The molecule has 11 nitrogen and oxygen atoms in total. The fourth-order valence-corrected chi connectivity index (χ4v) is 3.69. The summed E-state index contributed by atoms with van der Waals surface area (Å²) in [7, 11) is 0. The molecule has 0 bridgehead atoms. The van der Waals surface area contributed by atoms with Gasteiger partial charge < -0.3 is 37.6 Å². The minimum Gasteiger partial charge on any atom is -0.508 e. The normalized spacial score (nSPS) is 14.4. The molecule has 0 heterocycles. The van der Waals surface area contributed by atoms with E-state index in [1.54, 1.807) is 12.1 Å². The maximum Gasteiger partial charge on any atom is 0.326 e. The Hall–Kier alpha value is -2.83. The Kier molecular flexibility index (Phi) is 13.9. The Bertz CT molecular complexity index is 867. The van der Waals surface area contributed by atoms with Gasteiger partial charge in [-0.05, 0) is 49.4 Å². The number of hydrogen-bond donors (Lipinski definition) is 8. The van der Waals surface area contributed by atoms with Crippen LogP contribution in [0.5, 0.6) is 5.75 Å². The van der Waals surface area contributed by atoms with Crippen LogP contribution in [-0.2, 0) is 25.6 Å². The zero-order valence-electron chi connectivity index (χ0n) is 20.8. The number of aliphatic carboxylic acids is 1. The van der Waals surface area contributed by atoms with Crippen molar-refractivity contribution < 1.29 is 29.4 Å². The van der Waals surface area contributed by atoms with E-state index < -0.39 is 47.9 Å². The van der Waals surface area contributed by atoms with E-state index in [1.165, 1.54) is 12.1 Å². The van der Waals surface area contributed by atoms with E-state index in [-0.39, 0.29) is 23.8 Å².